The largest absolute Gasteiger partial charge is 0.351 e. The average molecular weight is 473 g/mol. The average Bonchev–Trinajstić information content (AvgIpc) is 3.02. The van der Waals surface area contributed by atoms with E-state index in [9.17, 15) is 22.4 Å². The molecule has 3 rings (SSSR count). The number of hydrogen-bond donors (Lipinski definition) is 3. The molecule has 1 aliphatic heterocycles. The zero-order chi connectivity index (χ0) is 22.9. The minimum absolute atomic E-state index is 0.103. The number of aryl methyl sites for hydroxylation is 1. The fraction of sp³-hybridized carbons (Fsp3) is 0.389. The second-order valence-corrected chi connectivity index (χ2v) is 9.33. The molecule has 1 fully saturated rings. The molecule has 1 aliphatic rings. The van der Waals surface area contributed by atoms with Gasteiger partial charge in [0.25, 0.3) is 10.2 Å². The Bertz CT molecular complexity index is 1120. The SMILES string of the molecule is Cc1c(CNC(=O)C2CC(C(=O)Nc3ccc(F)c(Cl)c3)N(C)S(=O)(=O)N2)cnn1C. The Kier molecular flexibility index (Phi) is 6.65. The highest BCUT2D eigenvalue weighted by Crippen LogP contribution is 2.22. The van der Waals surface area contributed by atoms with Gasteiger partial charge in [0.15, 0.2) is 0 Å². The first kappa shape index (κ1) is 23.1. The molecule has 0 saturated carbocycles. The van der Waals surface area contributed by atoms with Crippen LogP contribution in [0.1, 0.15) is 17.7 Å². The van der Waals surface area contributed by atoms with E-state index in [2.05, 4.69) is 20.5 Å². The van der Waals surface area contributed by atoms with Gasteiger partial charge in [-0.2, -0.15) is 22.5 Å². The van der Waals surface area contributed by atoms with Crippen LogP contribution in [0.25, 0.3) is 0 Å². The molecule has 31 heavy (non-hydrogen) atoms. The third-order valence-corrected chi connectivity index (χ3v) is 7.05. The Hall–Kier alpha value is -2.54. The predicted molar refractivity (Wildman–Crippen MR) is 112 cm³/mol. The summed E-state index contributed by atoms with van der Waals surface area (Å²) in [5.74, 6) is -1.89. The van der Waals surface area contributed by atoms with Crippen molar-refractivity contribution in [3.63, 3.8) is 0 Å². The highest BCUT2D eigenvalue weighted by atomic mass is 35.5. The number of nitrogens with zero attached hydrogens (tertiary/aromatic N) is 3. The van der Waals surface area contributed by atoms with Crippen molar-refractivity contribution in [3.8, 4) is 0 Å². The number of carbonyl (C=O) groups excluding carboxylic acids is 2. The lowest BCUT2D eigenvalue weighted by atomic mass is 10.1. The lowest BCUT2D eigenvalue weighted by Crippen LogP contribution is -2.62. The summed E-state index contributed by atoms with van der Waals surface area (Å²) >= 11 is 5.72. The summed E-state index contributed by atoms with van der Waals surface area (Å²) < 4.78 is 43.0. The minimum atomic E-state index is -4.08. The quantitative estimate of drug-likeness (QED) is 0.590. The molecule has 168 valence electrons. The molecule has 3 N–H and O–H groups in total. The van der Waals surface area contributed by atoms with Gasteiger partial charge in [0, 0.05) is 37.6 Å². The highest BCUT2D eigenvalue weighted by Gasteiger charge is 2.42. The summed E-state index contributed by atoms with van der Waals surface area (Å²) in [6.45, 7) is 2.01. The maximum absolute atomic E-state index is 13.3. The van der Waals surface area contributed by atoms with Crippen molar-refractivity contribution in [1.29, 1.82) is 0 Å². The van der Waals surface area contributed by atoms with Gasteiger partial charge in [-0.15, -0.1) is 0 Å². The molecule has 0 aliphatic carbocycles. The third kappa shape index (κ3) is 5.03. The summed E-state index contributed by atoms with van der Waals surface area (Å²) in [4.78, 5) is 25.4. The molecule has 2 unspecified atom stereocenters. The van der Waals surface area contributed by atoms with Gasteiger partial charge in [0.1, 0.15) is 17.9 Å². The molecule has 10 nitrogen and oxygen atoms in total. The van der Waals surface area contributed by atoms with Crippen LogP contribution >= 0.6 is 11.6 Å². The van der Waals surface area contributed by atoms with E-state index >= 15 is 0 Å². The molecule has 1 saturated heterocycles. The number of amides is 2. The number of likely N-dealkylation sites (N-methyl/N-ethyl adjacent to an activating group) is 1. The Morgan fingerprint density at radius 3 is 2.65 bits per heavy atom. The van der Waals surface area contributed by atoms with E-state index in [4.69, 9.17) is 11.6 Å². The van der Waals surface area contributed by atoms with Crippen LogP contribution in [0.3, 0.4) is 0 Å². The Labute approximate surface area is 183 Å². The molecule has 1 aromatic heterocycles. The van der Waals surface area contributed by atoms with Gasteiger partial charge in [0.2, 0.25) is 11.8 Å². The lowest BCUT2D eigenvalue weighted by Gasteiger charge is -2.35. The smallest absolute Gasteiger partial charge is 0.280 e. The number of nitrogens with one attached hydrogen (secondary N) is 3. The van der Waals surface area contributed by atoms with E-state index in [0.717, 1.165) is 21.6 Å². The van der Waals surface area contributed by atoms with Gasteiger partial charge in [-0.1, -0.05) is 11.6 Å². The summed E-state index contributed by atoms with van der Waals surface area (Å²) in [5, 5.41) is 9.08. The summed E-state index contributed by atoms with van der Waals surface area (Å²) in [7, 11) is -1.08. The van der Waals surface area contributed by atoms with Crippen molar-refractivity contribution in [1.82, 2.24) is 24.1 Å². The monoisotopic (exact) mass is 472 g/mol. The molecule has 2 atom stereocenters. The first-order chi connectivity index (χ1) is 14.5. The van der Waals surface area contributed by atoms with E-state index in [1.54, 1.807) is 17.9 Å². The Morgan fingerprint density at radius 1 is 1.32 bits per heavy atom. The first-order valence-electron chi connectivity index (χ1n) is 9.26. The van der Waals surface area contributed by atoms with E-state index in [1.165, 1.54) is 19.2 Å². The van der Waals surface area contributed by atoms with Crippen LogP contribution < -0.4 is 15.4 Å². The molecule has 0 bridgehead atoms. The molecule has 2 aromatic rings. The number of anilines is 1. The van der Waals surface area contributed by atoms with Crippen molar-refractivity contribution >= 4 is 39.3 Å². The maximum atomic E-state index is 13.3. The van der Waals surface area contributed by atoms with Crippen LogP contribution in [0.5, 0.6) is 0 Å². The number of carbonyl (C=O) groups is 2. The number of halogens is 2. The first-order valence-corrected chi connectivity index (χ1v) is 11.1. The molecule has 1 aromatic carbocycles. The number of hydrogen-bond acceptors (Lipinski definition) is 5. The summed E-state index contributed by atoms with van der Waals surface area (Å²) in [6, 6.07) is 1.29. The van der Waals surface area contributed by atoms with Crippen LogP contribution in [0.15, 0.2) is 24.4 Å². The highest BCUT2D eigenvalue weighted by molar-refractivity contribution is 7.87. The second kappa shape index (κ2) is 8.91. The fourth-order valence-corrected chi connectivity index (χ4v) is 4.53. The van der Waals surface area contributed by atoms with Gasteiger partial charge in [0.05, 0.1) is 11.2 Å². The number of rotatable bonds is 5. The van der Waals surface area contributed by atoms with Crippen LogP contribution in [-0.2, 0) is 33.4 Å². The number of aromatic nitrogens is 2. The van der Waals surface area contributed by atoms with Gasteiger partial charge < -0.3 is 10.6 Å². The molecule has 0 spiro atoms. The van der Waals surface area contributed by atoms with Crippen LogP contribution in [0.2, 0.25) is 5.02 Å². The summed E-state index contributed by atoms with van der Waals surface area (Å²) in [6.07, 6.45) is 1.51. The Morgan fingerprint density at radius 2 is 2.03 bits per heavy atom. The normalized spacial score (nSPS) is 20.9. The van der Waals surface area contributed by atoms with E-state index in [-0.39, 0.29) is 23.7 Å². The van der Waals surface area contributed by atoms with Crippen molar-refractivity contribution in [2.24, 2.45) is 7.05 Å². The van der Waals surface area contributed by atoms with Gasteiger partial charge in [-0.25, -0.2) is 4.39 Å². The fourth-order valence-electron chi connectivity index (χ4n) is 3.11. The molecule has 2 amide bonds. The summed E-state index contributed by atoms with van der Waals surface area (Å²) in [5.41, 5.74) is 1.85. The van der Waals surface area contributed by atoms with Gasteiger partial charge in [-0.05, 0) is 31.5 Å². The van der Waals surface area contributed by atoms with Gasteiger partial charge in [-0.3, -0.25) is 14.3 Å². The van der Waals surface area contributed by atoms with Crippen LogP contribution in [0.4, 0.5) is 10.1 Å². The van der Waals surface area contributed by atoms with Gasteiger partial charge >= 0.3 is 0 Å². The van der Waals surface area contributed by atoms with E-state index < -0.39 is 39.9 Å². The minimum Gasteiger partial charge on any atom is -0.351 e. The second-order valence-electron chi connectivity index (χ2n) is 7.16. The zero-order valence-electron chi connectivity index (χ0n) is 17.0. The number of benzene rings is 1. The van der Waals surface area contributed by atoms with Crippen molar-refractivity contribution < 1.29 is 22.4 Å². The zero-order valence-corrected chi connectivity index (χ0v) is 18.6. The standard InChI is InChI=1S/C18H22ClFN6O4S/c1-10-11(9-22-25(10)2)8-21-17(27)15-7-16(26(3)31(29,30)24-15)18(28)23-12-4-5-14(20)13(19)6-12/h4-6,9,15-16,24H,7-8H2,1-3H3,(H,21,27)(H,23,28). The van der Waals surface area contributed by atoms with E-state index in [0.29, 0.717) is 0 Å². The van der Waals surface area contributed by atoms with Crippen molar-refractivity contribution in [3.05, 3.63) is 46.5 Å². The Balaban J connectivity index is 1.71. The predicted octanol–water partition coefficient (Wildman–Crippen LogP) is 0.683. The maximum Gasteiger partial charge on any atom is 0.280 e. The third-order valence-electron chi connectivity index (χ3n) is 5.16. The molecular formula is C18H22ClFN6O4S. The molecule has 2 heterocycles. The molecule has 0 radical (unpaired) electrons. The van der Waals surface area contributed by atoms with Crippen LogP contribution in [-0.4, -0.2) is 53.4 Å². The van der Waals surface area contributed by atoms with Crippen LogP contribution in [0, 0.1) is 12.7 Å². The van der Waals surface area contributed by atoms with E-state index in [1.807, 2.05) is 6.92 Å². The van der Waals surface area contributed by atoms with Crippen molar-refractivity contribution in [2.75, 3.05) is 12.4 Å². The topological polar surface area (TPSA) is 125 Å². The molecule has 13 heteroatoms. The molecular weight excluding hydrogens is 451 g/mol. The lowest BCUT2D eigenvalue weighted by molar-refractivity contribution is -0.124. The van der Waals surface area contributed by atoms with Crippen molar-refractivity contribution in [2.45, 2.75) is 32.0 Å².